The number of carbonyl (C=O) groups excluding carboxylic acids is 1. The molecule has 0 bridgehead atoms. The zero-order valence-electron chi connectivity index (χ0n) is 9.19. The van der Waals surface area contributed by atoms with Crippen molar-refractivity contribution in [2.45, 2.75) is 23.1 Å². The van der Waals surface area contributed by atoms with Crippen LogP contribution in [0.2, 0.25) is 0 Å². The van der Waals surface area contributed by atoms with Crippen molar-refractivity contribution in [3.8, 4) is 0 Å². The molecule has 0 unspecified atom stereocenters. The van der Waals surface area contributed by atoms with Crippen molar-refractivity contribution in [3.63, 3.8) is 0 Å². The summed E-state index contributed by atoms with van der Waals surface area (Å²) < 4.78 is 13.2. The van der Waals surface area contributed by atoms with Gasteiger partial charge in [0.15, 0.2) is 6.29 Å². The van der Waals surface area contributed by atoms with Crippen LogP contribution in [0.4, 0.5) is 4.39 Å². The number of piperidine rings is 1. The van der Waals surface area contributed by atoms with Gasteiger partial charge in [-0.25, -0.2) is 4.98 Å². The maximum atomic E-state index is 13.2. The lowest BCUT2D eigenvalue weighted by molar-refractivity contribution is 0.111. The first-order valence-electron chi connectivity index (χ1n) is 5.28. The van der Waals surface area contributed by atoms with Crippen LogP contribution in [0.1, 0.15) is 23.2 Å². The standard InChI is InChI=1S/C11H13FN2OS.ClH/c12-11-8(7-15)1-2-10(14-11)16-9-3-5-13-6-4-9;/h1-2,7,9,13H,3-6H2;1H. The number of nitrogens with one attached hydrogen (secondary N) is 1. The number of pyridine rings is 1. The summed E-state index contributed by atoms with van der Waals surface area (Å²) in [5.74, 6) is -0.672. The number of thioether (sulfide) groups is 1. The molecule has 1 aliphatic rings. The van der Waals surface area contributed by atoms with Gasteiger partial charge >= 0.3 is 0 Å². The lowest BCUT2D eigenvalue weighted by Crippen LogP contribution is -2.29. The second kappa shape index (κ2) is 6.93. The van der Waals surface area contributed by atoms with Crippen LogP contribution in [0.3, 0.4) is 0 Å². The second-order valence-corrected chi connectivity index (χ2v) is 5.04. The molecule has 0 amide bonds. The minimum absolute atomic E-state index is 0. The Morgan fingerprint density at radius 2 is 2.12 bits per heavy atom. The van der Waals surface area contributed by atoms with E-state index >= 15 is 0 Å². The van der Waals surface area contributed by atoms with Gasteiger partial charge in [-0.05, 0) is 38.1 Å². The van der Waals surface area contributed by atoms with E-state index in [9.17, 15) is 9.18 Å². The van der Waals surface area contributed by atoms with E-state index in [1.165, 1.54) is 6.07 Å². The smallest absolute Gasteiger partial charge is 0.224 e. The van der Waals surface area contributed by atoms with Gasteiger partial charge in [-0.1, -0.05) is 0 Å². The third-order valence-electron chi connectivity index (χ3n) is 2.55. The molecule has 1 aliphatic heterocycles. The monoisotopic (exact) mass is 276 g/mol. The van der Waals surface area contributed by atoms with Crippen LogP contribution in [0.25, 0.3) is 0 Å². The van der Waals surface area contributed by atoms with Gasteiger partial charge in [-0.2, -0.15) is 4.39 Å². The Labute approximate surface area is 110 Å². The van der Waals surface area contributed by atoms with Gasteiger partial charge < -0.3 is 5.32 Å². The molecule has 94 valence electrons. The van der Waals surface area contributed by atoms with Crippen molar-refractivity contribution in [2.75, 3.05) is 13.1 Å². The van der Waals surface area contributed by atoms with Crippen LogP contribution in [-0.4, -0.2) is 29.6 Å². The molecular formula is C11H14ClFN2OS. The highest BCUT2D eigenvalue weighted by Crippen LogP contribution is 2.27. The Balaban J connectivity index is 0.00000144. The van der Waals surface area contributed by atoms with Crippen molar-refractivity contribution < 1.29 is 9.18 Å². The van der Waals surface area contributed by atoms with Crippen molar-refractivity contribution in [3.05, 3.63) is 23.6 Å². The van der Waals surface area contributed by atoms with Crippen molar-refractivity contribution in [1.29, 1.82) is 0 Å². The fraction of sp³-hybridized carbons (Fsp3) is 0.455. The molecule has 2 heterocycles. The fourth-order valence-electron chi connectivity index (χ4n) is 1.67. The predicted molar refractivity (Wildman–Crippen MR) is 68.6 cm³/mol. The Kier molecular flexibility index (Phi) is 5.88. The zero-order valence-corrected chi connectivity index (χ0v) is 10.8. The van der Waals surface area contributed by atoms with Gasteiger partial charge in [0.2, 0.25) is 5.95 Å². The van der Waals surface area contributed by atoms with E-state index in [-0.39, 0.29) is 18.0 Å². The van der Waals surface area contributed by atoms with Gasteiger partial charge in [-0.15, -0.1) is 24.2 Å². The first-order chi connectivity index (χ1) is 7.79. The minimum atomic E-state index is -0.672. The Hall–Kier alpha value is -0.650. The third-order valence-corrected chi connectivity index (χ3v) is 3.83. The molecule has 0 saturated carbocycles. The van der Waals surface area contributed by atoms with Gasteiger partial charge in [0.05, 0.1) is 10.6 Å². The third kappa shape index (κ3) is 3.94. The highest BCUT2D eigenvalue weighted by molar-refractivity contribution is 7.99. The number of aldehydes is 1. The molecule has 6 heteroatoms. The highest BCUT2D eigenvalue weighted by Gasteiger charge is 2.15. The topological polar surface area (TPSA) is 42.0 Å². The lowest BCUT2D eigenvalue weighted by atomic mass is 10.2. The van der Waals surface area contributed by atoms with Crippen molar-refractivity contribution in [2.24, 2.45) is 0 Å². The van der Waals surface area contributed by atoms with Crippen LogP contribution >= 0.6 is 24.2 Å². The van der Waals surface area contributed by atoms with Crippen molar-refractivity contribution >= 4 is 30.5 Å². The molecule has 0 atom stereocenters. The molecule has 1 saturated heterocycles. The summed E-state index contributed by atoms with van der Waals surface area (Å²) in [5.41, 5.74) is 0.0228. The largest absolute Gasteiger partial charge is 0.317 e. The Morgan fingerprint density at radius 3 is 2.71 bits per heavy atom. The van der Waals surface area contributed by atoms with E-state index in [2.05, 4.69) is 10.3 Å². The highest BCUT2D eigenvalue weighted by atomic mass is 35.5. The summed E-state index contributed by atoms with van der Waals surface area (Å²) in [5, 5.41) is 4.43. The predicted octanol–water partition coefficient (Wildman–Crippen LogP) is 2.30. The van der Waals surface area contributed by atoms with Gasteiger partial charge in [-0.3, -0.25) is 4.79 Å². The van der Waals surface area contributed by atoms with Gasteiger partial charge in [0, 0.05) is 5.25 Å². The number of hydrogen-bond acceptors (Lipinski definition) is 4. The summed E-state index contributed by atoms with van der Waals surface area (Å²) in [6.45, 7) is 2.01. The summed E-state index contributed by atoms with van der Waals surface area (Å²) in [4.78, 5) is 14.2. The first kappa shape index (κ1) is 14.4. The van der Waals surface area contributed by atoms with E-state index in [0.717, 1.165) is 25.9 Å². The number of rotatable bonds is 3. The van der Waals surface area contributed by atoms with Crippen LogP contribution in [0.5, 0.6) is 0 Å². The Bertz CT molecular complexity index is 386. The molecule has 3 nitrogen and oxygen atoms in total. The molecule has 0 aliphatic carbocycles. The molecule has 1 aromatic heterocycles. The first-order valence-corrected chi connectivity index (χ1v) is 6.16. The SMILES string of the molecule is Cl.O=Cc1ccc(SC2CCNCC2)nc1F. The maximum Gasteiger partial charge on any atom is 0.224 e. The van der Waals surface area contributed by atoms with Crippen LogP contribution in [0.15, 0.2) is 17.2 Å². The maximum absolute atomic E-state index is 13.2. The number of hydrogen-bond donors (Lipinski definition) is 1. The molecule has 17 heavy (non-hydrogen) atoms. The lowest BCUT2D eigenvalue weighted by Gasteiger charge is -2.21. The number of nitrogens with zero attached hydrogens (tertiary/aromatic N) is 1. The normalized spacial score (nSPS) is 16.3. The van der Waals surface area contributed by atoms with E-state index < -0.39 is 5.95 Å². The van der Waals surface area contributed by atoms with Crippen molar-refractivity contribution in [1.82, 2.24) is 10.3 Å². The fourth-order valence-corrected chi connectivity index (χ4v) is 2.76. The molecular weight excluding hydrogens is 263 g/mol. The van der Waals surface area contributed by atoms with E-state index in [0.29, 0.717) is 16.6 Å². The van der Waals surface area contributed by atoms with Gasteiger partial charge in [0.1, 0.15) is 0 Å². The second-order valence-electron chi connectivity index (χ2n) is 3.71. The van der Waals surface area contributed by atoms with E-state index in [1.54, 1.807) is 17.8 Å². The van der Waals surface area contributed by atoms with E-state index in [1.807, 2.05) is 0 Å². The summed E-state index contributed by atoms with van der Waals surface area (Å²) in [6, 6.07) is 3.19. The zero-order chi connectivity index (χ0) is 11.4. The molecule has 0 radical (unpaired) electrons. The number of halogens is 2. The average Bonchev–Trinajstić information content (AvgIpc) is 2.31. The molecule has 0 spiro atoms. The summed E-state index contributed by atoms with van der Waals surface area (Å²) in [6.07, 6.45) is 2.63. The molecule has 0 aromatic carbocycles. The minimum Gasteiger partial charge on any atom is -0.317 e. The van der Waals surface area contributed by atoms with Gasteiger partial charge in [0.25, 0.3) is 0 Å². The summed E-state index contributed by atoms with van der Waals surface area (Å²) in [7, 11) is 0. The molecule has 1 fully saturated rings. The molecule has 2 rings (SSSR count). The number of carbonyl (C=O) groups is 1. The van der Waals surface area contributed by atoms with Crippen LogP contribution in [-0.2, 0) is 0 Å². The van der Waals surface area contributed by atoms with Crippen LogP contribution in [0, 0.1) is 5.95 Å². The van der Waals surface area contributed by atoms with Crippen LogP contribution < -0.4 is 5.32 Å². The quantitative estimate of drug-likeness (QED) is 0.679. The number of aromatic nitrogens is 1. The Morgan fingerprint density at radius 1 is 1.41 bits per heavy atom. The summed E-state index contributed by atoms with van der Waals surface area (Å²) >= 11 is 1.59. The van der Waals surface area contributed by atoms with E-state index in [4.69, 9.17) is 0 Å². The molecule has 1 aromatic rings. The average molecular weight is 277 g/mol. The molecule has 1 N–H and O–H groups in total.